The summed E-state index contributed by atoms with van der Waals surface area (Å²) in [6, 6.07) is 6.04. The van der Waals surface area contributed by atoms with E-state index < -0.39 is 0 Å². The highest BCUT2D eigenvalue weighted by Crippen LogP contribution is 2.23. The van der Waals surface area contributed by atoms with Gasteiger partial charge in [-0.25, -0.2) is 4.98 Å². The molecular formula is C10H6IN3. The fourth-order valence-corrected chi connectivity index (χ4v) is 2.01. The zero-order chi connectivity index (χ0) is 9.54. The Kier molecular flexibility index (Phi) is 1.70. The second kappa shape index (κ2) is 2.91. The highest BCUT2D eigenvalue weighted by Gasteiger charge is 2.04. The Morgan fingerprint density at radius 1 is 1.14 bits per heavy atom. The molecule has 3 aromatic rings. The second-order valence-electron chi connectivity index (χ2n) is 3.08. The summed E-state index contributed by atoms with van der Waals surface area (Å²) in [4.78, 5) is 11.8. The van der Waals surface area contributed by atoms with Gasteiger partial charge in [-0.05, 0) is 40.8 Å². The number of H-pyrrole nitrogens is 1. The van der Waals surface area contributed by atoms with Gasteiger partial charge in [-0.1, -0.05) is 0 Å². The first-order valence-corrected chi connectivity index (χ1v) is 5.30. The van der Waals surface area contributed by atoms with Crippen LogP contribution in [0, 0.1) is 3.70 Å². The van der Waals surface area contributed by atoms with Crippen LogP contribution in [0.25, 0.3) is 21.9 Å². The van der Waals surface area contributed by atoms with Crippen molar-refractivity contribution in [2.45, 2.75) is 0 Å². The molecule has 0 radical (unpaired) electrons. The predicted octanol–water partition coefficient (Wildman–Crippen LogP) is 2.72. The molecule has 1 N–H and O–H groups in total. The van der Waals surface area contributed by atoms with Gasteiger partial charge in [0.1, 0.15) is 9.35 Å². The van der Waals surface area contributed by atoms with Crippen molar-refractivity contribution in [3.05, 3.63) is 34.3 Å². The number of rotatable bonds is 0. The Morgan fingerprint density at radius 3 is 3.00 bits per heavy atom. The molecule has 0 fully saturated rings. The van der Waals surface area contributed by atoms with E-state index in [0.29, 0.717) is 0 Å². The Labute approximate surface area is 93.7 Å². The van der Waals surface area contributed by atoms with Gasteiger partial charge in [0.25, 0.3) is 0 Å². The minimum absolute atomic E-state index is 0.930. The zero-order valence-electron chi connectivity index (χ0n) is 7.16. The molecule has 0 aliphatic heterocycles. The van der Waals surface area contributed by atoms with Gasteiger partial charge in [0.05, 0.1) is 5.52 Å². The topological polar surface area (TPSA) is 41.6 Å². The van der Waals surface area contributed by atoms with E-state index in [1.807, 2.05) is 18.3 Å². The number of aromatic amines is 1. The maximum absolute atomic E-state index is 4.42. The molecule has 0 saturated carbocycles. The summed E-state index contributed by atoms with van der Waals surface area (Å²) in [6.45, 7) is 0. The van der Waals surface area contributed by atoms with Crippen molar-refractivity contribution in [3.63, 3.8) is 0 Å². The molecule has 3 rings (SSSR count). The van der Waals surface area contributed by atoms with E-state index in [2.05, 4.69) is 43.6 Å². The summed E-state index contributed by atoms with van der Waals surface area (Å²) in [5.41, 5.74) is 2.02. The first-order chi connectivity index (χ1) is 6.84. The molecule has 3 aromatic heterocycles. The van der Waals surface area contributed by atoms with Crippen LogP contribution in [0.3, 0.4) is 0 Å². The largest absolute Gasteiger partial charge is 0.339 e. The van der Waals surface area contributed by atoms with Crippen LogP contribution in [-0.4, -0.2) is 15.0 Å². The number of aromatic nitrogens is 3. The van der Waals surface area contributed by atoms with Crippen molar-refractivity contribution in [3.8, 4) is 0 Å². The first-order valence-electron chi connectivity index (χ1n) is 4.22. The second-order valence-corrected chi connectivity index (χ2v) is 4.18. The van der Waals surface area contributed by atoms with Gasteiger partial charge in [0, 0.05) is 23.2 Å². The van der Waals surface area contributed by atoms with Crippen LogP contribution in [0.5, 0.6) is 0 Å². The Balaban J connectivity index is 2.57. The summed E-state index contributed by atoms with van der Waals surface area (Å²) >= 11 is 2.21. The SMILES string of the molecule is Ic1ccc2c(n1)[nH]c1ccncc12. The number of halogens is 1. The average molecular weight is 295 g/mol. The molecule has 0 aliphatic carbocycles. The van der Waals surface area contributed by atoms with Gasteiger partial charge in [-0.3, -0.25) is 4.98 Å². The van der Waals surface area contributed by atoms with Crippen molar-refractivity contribution in [1.29, 1.82) is 0 Å². The third-order valence-corrected chi connectivity index (χ3v) is 2.83. The molecule has 4 heteroatoms. The quantitative estimate of drug-likeness (QED) is 0.512. The summed E-state index contributed by atoms with van der Waals surface area (Å²) in [7, 11) is 0. The molecule has 3 nitrogen and oxygen atoms in total. The molecule has 0 atom stereocenters. The fourth-order valence-electron chi connectivity index (χ4n) is 1.59. The summed E-state index contributed by atoms with van der Waals surface area (Å²) in [6.07, 6.45) is 3.64. The van der Waals surface area contributed by atoms with Crippen LogP contribution in [0.2, 0.25) is 0 Å². The number of hydrogen-bond acceptors (Lipinski definition) is 2. The predicted molar refractivity (Wildman–Crippen MR) is 64.1 cm³/mol. The van der Waals surface area contributed by atoms with Crippen molar-refractivity contribution < 1.29 is 0 Å². The number of pyridine rings is 2. The number of fused-ring (bicyclic) bond motifs is 3. The lowest BCUT2D eigenvalue weighted by Gasteiger charge is -1.89. The normalized spacial score (nSPS) is 11.2. The number of nitrogens with one attached hydrogen (secondary N) is 1. The van der Waals surface area contributed by atoms with Crippen LogP contribution < -0.4 is 0 Å². The highest BCUT2D eigenvalue weighted by atomic mass is 127. The maximum Gasteiger partial charge on any atom is 0.139 e. The molecule has 0 aromatic carbocycles. The van der Waals surface area contributed by atoms with E-state index in [-0.39, 0.29) is 0 Å². The molecule has 0 aliphatic rings. The minimum Gasteiger partial charge on any atom is -0.339 e. The van der Waals surface area contributed by atoms with E-state index in [0.717, 1.165) is 25.6 Å². The lowest BCUT2D eigenvalue weighted by Crippen LogP contribution is -1.79. The lowest BCUT2D eigenvalue weighted by atomic mass is 10.2. The van der Waals surface area contributed by atoms with Crippen molar-refractivity contribution in [2.75, 3.05) is 0 Å². The summed E-state index contributed by atoms with van der Waals surface area (Å²) in [5, 5.41) is 2.26. The zero-order valence-corrected chi connectivity index (χ0v) is 9.32. The molecule has 3 heterocycles. The third-order valence-electron chi connectivity index (χ3n) is 2.23. The number of nitrogens with zero attached hydrogens (tertiary/aromatic N) is 2. The van der Waals surface area contributed by atoms with E-state index in [1.165, 1.54) is 0 Å². The highest BCUT2D eigenvalue weighted by molar-refractivity contribution is 14.1. The van der Waals surface area contributed by atoms with Gasteiger partial charge in [0.2, 0.25) is 0 Å². The Morgan fingerprint density at radius 2 is 2.07 bits per heavy atom. The van der Waals surface area contributed by atoms with E-state index in [1.54, 1.807) is 6.20 Å². The van der Waals surface area contributed by atoms with Crippen molar-refractivity contribution >= 4 is 44.5 Å². The van der Waals surface area contributed by atoms with Gasteiger partial charge >= 0.3 is 0 Å². The lowest BCUT2D eigenvalue weighted by molar-refractivity contribution is 1.30. The van der Waals surface area contributed by atoms with Crippen molar-refractivity contribution in [1.82, 2.24) is 15.0 Å². The fraction of sp³-hybridized carbons (Fsp3) is 0. The van der Waals surface area contributed by atoms with Crippen LogP contribution in [0.4, 0.5) is 0 Å². The molecule has 0 unspecified atom stereocenters. The molecule has 0 spiro atoms. The molecule has 14 heavy (non-hydrogen) atoms. The summed E-state index contributed by atoms with van der Waals surface area (Å²) in [5.74, 6) is 0. The average Bonchev–Trinajstić information content (AvgIpc) is 2.54. The van der Waals surface area contributed by atoms with Gasteiger partial charge in [0.15, 0.2) is 0 Å². The van der Waals surface area contributed by atoms with Gasteiger partial charge in [-0.2, -0.15) is 0 Å². The van der Waals surface area contributed by atoms with Gasteiger partial charge < -0.3 is 4.98 Å². The molecule has 68 valence electrons. The van der Waals surface area contributed by atoms with Crippen LogP contribution in [-0.2, 0) is 0 Å². The summed E-state index contributed by atoms with van der Waals surface area (Å²) < 4.78 is 0.995. The van der Waals surface area contributed by atoms with Crippen LogP contribution >= 0.6 is 22.6 Å². The molecule has 0 amide bonds. The molecule has 0 bridgehead atoms. The van der Waals surface area contributed by atoms with E-state index in [9.17, 15) is 0 Å². The van der Waals surface area contributed by atoms with Crippen LogP contribution in [0.1, 0.15) is 0 Å². The maximum atomic E-state index is 4.42. The molecule has 0 saturated heterocycles. The van der Waals surface area contributed by atoms with Crippen molar-refractivity contribution in [2.24, 2.45) is 0 Å². The Bertz CT molecular complexity index is 615. The minimum atomic E-state index is 0.930. The monoisotopic (exact) mass is 295 g/mol. The number of hydrogen-bond donors (Lipinski definition) is 1. The van der Waals surface area contributed by atoms with E-state index >= 15 is 0 Å². The molecular weight excluding hydrogens is 289 g/mol. The smallest absolute Gasteiger partial charge is 0.139 e. The first kappa shape index (κ1) is 8.16. The van der Waals surface area contributed by atoms with Gasteiger partial charge in [-0.15, -0.1) is 0 Å². The van der Waals surface area contributed by atoms with Crippen LogP contribution in [0.15, 0.2) is 30.6 Å². The van der Waals surface area contributed by atoms with E-state index in [4.69, 9.17) is 0 Å². The Hall–Kier alpha value is -1.17. The standard InChI is InChI=1S/C10H6IN3/c11-9-2-1-6-7-5-12-4-3-8(7)13-10(6)14-9/h1-5H,(H,13,14). The third kappa shape index (κ3) is 1.10.